The van der Waals surface area contributed by atoms with Crippen LogP contribution in [0.25, 0.3) is 0 Å². The molecule has 4 nitrogen and oxygen atoms in total. The fraction of sp³-hybridized carbons (Fsp3) is 0.211. The van der Waals surface area contributed by atoms with Gasteiger partial charge in [-0.25, -0.2) is 4.79 Å². The van der Waals surface area contributed by atoms with Gasteiger partial charge in [-0.2, -0.15) is 0 Å². The van der Waals surface area contributed by atoms with Crippen molar-refractivity contribution in [3.63, 3.8) is 0 Å². The zero-order valence-electron chi connectivity index (χ0n) is 13.4. The molecule has 2 aromatic rings. The Morgan fingerprint density at radius 3 is 2.58 bits per heavy atom. The second kappa shape index (κ2) is 9.49. The van der Waals surface area contributed by atoms with E-state index in [1.54, 1.807) is 13.2 Å². The molecule has 0 aliphatic heterocycles. The first-order valence-corrected chi connectivity index (χ1v) is 7.95. The van der Waals surface area contributed by atoms with Crippen molar-refractivity contribution in [1.29, 1.82) is 0 Å². The summed E-state index contributed by atoms with van der Waals surface area (Å²) in [6.45, 7) is 0.815. The number of carbonyl (C=O) groups excluding carboxylic acids is 1. The van der Waals surface area contributed by atoms with Crippen LogP contribution in [0.1, 0.15) is 11.1 Å². The Kier molecular flexibility index (Phi) is 7.00. The second-order valence-corrected chi connectivity index (χ2v) is 5.40. The van der Waals surface area contributed by atoms with Gasteiger partial charge in [0.15, 0.2) is 0 Å². The average molecular weight is 343 g/mol. The summed E-state index contributed by atoms with van der Waals surface area (Å²) in [6.07, 6.45) is 0.753. The first kappa shape index (κ1) is 17.7. The van der Waals surface area contributed by atoms with Gasteiger partial charge in [0.2, 0.25) is 0 Å². The quantitative estimate of drug-likeness (QED) is 0.819. The van der Waals surface area contributed by atoms with Crippen LogP contribution in [0.2, 0.25) is 5.02 Å². The maximum absolute atomic E-state index is 11.7. The molecular formula is C19H19ClN2O2. The molecule has 0 aromatic heterocycles. The van der Waals surface area contributed by atoms with Gasteiger partial charge in [-0.3, -0.25) is 0 Å². The number of ether oxygens (including phenoxy) is 1. The summed E-state index contributed by atoms with van der Waals surface area (Å²) in [4.78, 5) is 11.7. The van der Waals surface area contributed by atoms with Gasteiger partial charge in [-0.05, 0) is 36.2 Å². The molecular weight excluding hydrogens is 324 g/mol. The summed E-state index contributed by atoms with van der Waals surface area (Å²) in [7, 11) is 1.63. The number of benzene rings is 2. The molecule has 24 heavy (non-hydrogen) atoms. The number of rotatable bonds is 5. The Labute approximate surface area is 147 Å². The predicted octanol–water partition coefficient (Wildman–Crippen LogP) is 3.24. The van der Waals surface area contributed by atoms with E-state index in [1.165, 1.54) is 0 Å². The lowest BCUT2D eigenvalue weighted by molar-refractivity contribution is 0.242. The van der Waals surface area contributed by atoms with Gasteiger partial charge >= 0.3 is 6.03 Å². The minimum absolute atomic E-state index is 0.239. The maximum Gasteiger partial charge on any atom is 0.315 e. The van der Waals surface area contributed by atoms with Gasteiger partial charge in [0.25, 0.3) is 0 Å². The van der Waals surface area contributed by atoms with Crippen LogP contribution >= 0.6 is 11.6 Å². The minimum atomic E-state index is -0.239. The smallest absolute Gasteiger partial charge is 0.315 e. The third kappa shape index (κ3) is 5.86. The number of carbonyl (C=O) groups is 1. The topological polar surface area (TPSA) is 50.4 Å². The minimum Gasteiger partial charge on any atom is -0.497 e. The van der Waals surface area contributed by atoms with Crippen molar-refractivity contribution < 1.29 is 9.53 Å². The van der Waals surface area contributed by atoms with Gasteiger partial charge in [0.05, 0.1) is 18.7 Å². The highest BCUT2D eigenvalue weighted by atomic mass is 35.5. The summed E-state index contributed by atoms with van der Waals surface area (Å²) < 4.78 is 5.11. The lowest BCUT2D eigenvalue weighted by Gasteiger charge is -2.06. The molecule has 5 heteroatoms. The van der Waals surface area contributed by atoms with E-state index in [1.807, 2.05) is 42.5 Å². The molecule has 0 saturated carbocycles. The van der Waals surface area contributed by atoms with E-state index < -0.39 is 0 Å². The molecule has 2 amide bonds. The van der Waals surface area contributed by atoms with E-state index in [2.05, 4.69) is 22.5 Å². The van der Waals surface area contributed by atoms with Gasteiger partial charge in [-0.15, -0.1) is 0 Å². The number of halogens is 1. The monoisotopic (exact) mass is 342 g/mol. The zero-order valence-corrected chi connectivity index (χ0v) is 14.2. The molecule has 2 rings (SSSR count). The summed E-state index contributed by atoms with van der Waals surface area (Å²) in [5.74, 6) is 6.62. The molecule has 0 fully saturated rings. The second-order valence-electron chi connectivity index (χ2n) is 4.99. The van der Waals surface area contributed by atoms with Crippen molar-refractivity contribution in [2.24, 2.45) is 0 Å². The van der Waals surface area contributed by atoms with Crippen LogP contribution in [0.15, 0.2) is 48.5 Å². The van der Waals surface area contributed by atoms with Gasteiger partial charge in [0, 0.05) is 12.1 Å². The number of hydrogen-bond acceptors (Lipinski definition) is 2. The molecule has 0 heterocycles. The van der Waals surface area contributed by atoms with Crippen molar-refractivity contribution in [3.8, 4) is 17.6 Å². The van der Waals surface area contributed by atoms with Crippen molar-refractivity contribution in [3.05, 3.63) is 64.7 Å². The van der Waals surface area contributed by atoms with Crippen molar-refractivity contribution >= 4 is 17.6 Å². The van der Waals surface area contributed by atoms with Crippen molar-refractivity contribution in [2.75, 3.05) is 20.2 Å². The maximum atomic E-state index is 11.7. The van der Waals surface area contributed by atoms with Crippen LogP contribution in [-0.2, 0) is 6.42 Å². The van der Waals surface area contributed by atoms with Crippen LogP contribution in [0.3, 0.4) is 0 Å². The normalized spacial score (nSPS) is 9.58. The first-order valence-electron chi connectivity index (χ1n) is 7.57. The van der Waals surface area contributed by atoms with Crippen molar-refractivity contribution in [1.82, 2.24) is 10.6 Å². The summed E-state index contributed by atoms with van der Waals surface area (Å²) in [6, 6.07) is 14.9. The number of methoxy groups -OCH3 is 1. The summed E-state index contributed by atoms with van der Waals surface area (Å²) in [5, 5.41) is 6.09. The molecule has 0 saturated heterocycles. The van der Waals surface area contributed by atoms with E-state index in [4.69, 9.17) is 16.3 Å². The van der Waals surface area contributed by atoms with Gasteiger partial charge in [0.1, 0.15) is 5.75 Å². The third-order valence-corrected chi connectivity index (χ3v) is 3.62. The molecule has 0 radical (unpaired) electrons. The van der Waals surface area contributed by atoms with Crippen LogP contribution in [0.4, 0.5) is 4.79 Å². The lowest BCUT2D eigenvalue weighted by atomic mass is 10.1. The Bertz CT molecular complexity index is 733. The van der Waals surface area contributed by atoms with Crippen LogP contribution in [-0.4, -0.2) is 26.2 Å². The van der Waals surface area contributed by atoms with Crippen LogP contribution in [0.5, 0.6) is 5.75 Å². The first-order chi connectivity index (χ1) is 11.7. The number of urea groups is 1. The van der Waals surface area contributed by atoms with E-state index >= 15 is 0 Å². The molecule has 0 spiro atoms. The highest BCUT2D eigenvalue weighted by Gasteiger charge is 1.99. The summed E-state index contributed by atoms with van der Waals surface area (Å²) >= 11 is 6.00. The third-order valence-electron chi connectivity index (χ3n) is 3.29. The number of amides is 2. The SMILES string of the molecule is COc1ccc(CCNC(=O)NCC#Cc2ccccc2Cl)cc1. The Balaban J connectivity index is 1.67. The number of nitrogens with one attached hydrogen (secondary N) is 2. The van der Waals surface area contributed by atoms with Crippen LogP contribution in [0, 0.1) is 11.8 Å². The molecule has 124 valence electrons. The fourth-order valence-corrected chi connectivity index (χ4v) is 2.18. The van der Waals surface area contributed by atoms with E-state index in [-0.39, 0.29) is 12.6 Å². The Morgan fingerprint density at radius 2 is 1.88 bits per heavy atom. The van der Waals surface area contributed by atoms with Gasteiger partial charge in [-0.1, -0.05) is 47.7 Å². The Morgan fingerprint density at radius 1 is 1.12 bits per heavy atom. The van der Waals surface area contributed by atoms with E-state index in [9.17, 15) is 4.79 Å². The van der Waals surface area contributed by atoms with Crippen LogP contribution < -0.4 is 15.4 Å². The summed E-state index contributed by atoms with van der Waals surface area (Å²) in [5.41, 5.74) is 1.88. The average Bonchev–Trinajstić information content (AvgIpc) is 2.61. The molecule has 0 unspecified atom stereocenters. The largest absolute Gasteiger partial charge is 0.497 e. The Hall–Kier alpha value is -2.64. The standard InChI is InChI=1S/C19H19ClN2O2/c1-24-17-10-8-15(9-11-17)12-14-22-19(23)21-13-4-6-16-5-2-3-7-18(16)20/h2-3,5,7-11H,12-14H2,1H3,(H2,21,22,23). The molecule has 2 N–H and O–H groups in total. The van der Waals surface area contributed by atoms with E-state index in [0.717, 1.165) is 23.3 Å². The molecule has 0 atom stereocenters. The molecule has 0 aliphatic rings. The zero-order chi connectivity index (χ0) is 17.2. The van der Waals surface area contributed by atoms with E-state index in [0.29, 0.717) is 11.6 Å². The van der Waals surface area contributed by atoms with Crippen molar-refractivity contribution in [2.45, 2.75) is 6.42 Å². The molecule has 0 aliphatic carbocycles. The highest BCUT2D eigenvalue weighted by Crippen LogP contribution is 2.13. The molecule has 2 aromatic carbocycles. The fourth-order valence-electron chi connectivity index (χ4n) is 2.00. The lowest BCUT2D eigenvalue weighted by Crippen LogP contribution is -2.36. The molecule has 0 bridgehead atoms. The highest BCUT2D eigenvalue weighted by molar-refractivity contribution is 6.31. The van der Waals surface area contributed by atoms with Gasteiger partial charge < -0.3 is 15.4 Å². The predicted molar refractivity (Wildman–Crippen MR) is 96.4 cm³/mol. The number of hydrogen-bond donors (Lipinski definition) is 2.